The van der Waals surface area contributed by atoms with Crippen LogP contribution in [-0.4, -0.2) is 43.6 Å². The van der Waals surface area contributed by atoms with E-state index in [9.17, 15) is 8.42 Å². The topological polar surface area (TPSA) is 76.0 Å². The van der Waals surface area contributed by atoms with Gasteiger partial charge in [0.1, 0.15) is 0 Å². The summed E-state index contributed by atoms with van der Waals surface area (Å²) in [5.41, 5.74) is 1.04. The average molecular weight is 302 g/mol. The zero-order valence-corrected chi connectivity index (χ0v) is 13.2. The number of nitrogens with zero attached hydrogens (tertiary/aromatic N) is 2. The predicted octanol–water partition coefficient (Wildman–Crippen LogP) is 0.662. The predicted molar refractivity (Wildman–Crippen MR) is 81.1 cm³/mol. The van der Waals surface area contributed by atoms with E-state index in [0.29, 0.717) is 19.4 Å². The zero-order valence-electron chi connectivity index (χ0n) is 12.4. The monoisotopic (exact) mass is 302 g/mol. The normalized spacial score (nSPS) is 11.9. The second kappa shape index (κ2) is 9.10. The molecule has 1 aromatic heterocycles. The van der Waals surface area contributed by atoms with Gasteiger partial charge in [0.25, 0.3) is 0 Å². The van der Waals surface area contributed by atoms with Gasteiger partial charge in [0, 0.05) is 19.8 Å². The number of hydrogen-bond acceptors (Lipinski definition) is 4. The minimum absolute atomic E-state index is 0.202. The molecule has 7 heteroatoms. The first kappa shape index (κ1) is 17.1. The maximum absolute atomic E-state index is 11.8. The quantitative estimate of drug-likeness (QED) is 0.589. The summed E-state index contributed by atoms with van der Waals surface area (Å²) in [7, 11) is -1.30. The first-order valence-corrected chi connectivity index (χ1v) is 8.84. The Morgan fingerprint density at radius 2 is 2.05 bits per heavy atom. The lowest BCUT2D eigenvalue weighted by Crippen LogP contribution is -2.28. The van der Waals surface area contributed by atoms with Crippen molar-refractivity contribution < 1.29 is 8.42 Å². The van der Waals surface area contributed by atoms with Crippen LogP contribution < -0.4 is 10.0 Å². The van der Waals surface area contributed by atoms with Gasteiger partial charge in [0.15, 0.2) is 0 Å². The Bertz CT molecular complexity index is 470. The first-order chi connectivity index (χ1) is 9.53. The fourth-order valence-corrected chi connectivity index (χ4v) is 3.01. The standard InChI is InChI=1S/C13H26N4O2S/c1-3-7-14-8-4-5-10-20(18,19)16-9-6-13-11-15-17(2)12-13/h11-12,14,16H,3-10H2,1-2H3. The van der Waals surface area contributed by atoms with Gasteiger partial charge in [-0.15, -0.1) is 0 Å². The molecule has 0 bridgehead atoms. The molecule has 2 N–H and O–H groups in total. The van der Waals surface area contributed by atoms with Crippen molar-refractivity contribution in [3.63, 3.8) is 0 Å². The summed E-state index contributed by atoms with van der Waals surface area (Å²) in [5, 5.41) is 7.31. The summed E-state index contributed by atoms with van der Waals surface area (Å²) >= 11 is 0. The van der Waals surface area contributed by atoms with Crippen LogP contribution in [0.25, 0.3) is 0 Å². The van der Waals surface area contributed by atoms with Crippen molar-refractivity contribution in [1.29, 1.82) is 0 Å². The minimum Gasteiger partial charge on any atom is -0.317 e. The molecule has 0 aliphatic carbocycles. The largest absolute Gasteiger partial charge is 0.317 e. The molecule has 1 rings (SSSR count). The summed E-state index contributed by atoms with van der Waals surface area (Å²) in [6.45, 7) is 4.43. The van der Waals surface area contributed by atoms with Gasteiger partial charge >= 0.3 is 0 Å². The van der Waals surface area contributed by atoms with Crippen LogP contribution in [0, 0.1) is 0 Å². The third-order valence-corrected chi connectivity index (χ3v) is 4.41. The van der Waals surface area contributed by atoms with Gasteiger partial charge in [-0.1, -0.05) is 6.92 Å². The van der Waals surface area contributed by atoms with Gasteiger partial charge in [0.05, 0.1) is 11.9 Å². The lowest BCUT2D eigenvalue weighted by molar-refractivity contribution is 0.573. The van der Waals surface area contributed by atoms with Gasteiger partial charge in [-0.2, -0.15) is 5.10 Å². The SMILES string of the molecule is CCCNCCCCS(=O)(=O)NCCc1cnn(C)c1. The molecule has 1 heterocycles. The summed E-state index contributed by atoms with van der Waals surface area (Å²) in [4.78, 5) is 0. The van der Waals surface area contributed by atoms with Crippen LogP contribution in [0.3, 0.4) is 0 Å². The van der Waals surface area contributed by atoms with Crippen LogP contribution in [0.1, 0.15) is 31.7 Å². The summed E-state index contributed by atoms with van der Waals surface area (Å²) in [5.74, 6) is 0.202. The van der Waals surface area contributed by atoms with E-state index in [1.807, 2.05) is 13.2 Å². The molecule has 0 saturated carbocycles. The summed E-state index contributed by atoms with van der Waals surface area (Å²) in [6.07, 6.45) is 7.02. The number of hydrogen-bond donors (Lipinski definition) is 2. The Hall–Kier alpha value is -0.920. The highest BCUT2D eigenvalue weighted by molar-refractivity contribution is 7.89. The molecule has 1 aromatic rings. The summed E-state index contributed by atoms with van der Waals surface area (Å²) in [6, 6.07) is 0. The molecule has 0 aliphatic heterocycles. The van der Waals surface area contributed by atoms with Crippen LogP contribution in [0.2, 0.25) is 0 Å². The van der Waals surface area contributed by atoms with Crippen LogP contribution in [0.5, 0.6) is 0 Å². The molecule has 0 aromatic carbocycles. The van der Waals surface area contributed by atoms with Gasteiger partial charge in [-0.25, -0.2) is 13.1 Å². The molecule has 0 aliphatic rings. The highest BCUT2D eigenvalue weighted by atomic mass is 32.2. The minimum atomic E-state index is -3.14. The molecule has 0 spiro atoms. The number of rotatable bonds is 11. The molecule has 20 heavy (non-hydrogen) atoms. The third-order valence-electron chi connectivity index (χ3n) is 2.94. The van der Waals surface area contributed by atoms with Gasteiger partial charge < -0.3 is 5.32 Å². The number of sulfonamides is 1. The van der Waals surface area contributed by atoms with Crippen LogP contribution in [-0.2, 0) is 23.5 Å². The molecule has 0 atom stereocenters. The van der Waals surface area contributed by atoms with Crippen molar-refractivity contribution in [2.45, 2.75) is 32.6 Å². The van der Waals surface area contributed by atoms with Crippen molar-refractivity contribution in [3.8, 4) is 0 Å². The van der Waals surface area contributed by atoms with E-state index in [1.165, 1.54) is 0 Å². The zero-order chi connectivity index (χ0) is 14.8. The van der Waals surface area contributed by atoms with E-state index < -0.39 is 10.0 Å². The molecule has 0 saturated heterocycles. The maximum Gasteiger partial charge on any atom is 0.211 e. The van der Waals surface area contributed by atoms with Gasteiger partial charge in [-0.3, -0.25) is 4.68 Å². The first-order valence-electron chi connectivity index (χ1n) is 7.19. The average Bonchev–Trinajstić information content (AvgIpc) is 2.79. The Kier molecular flexibility index (Phi) is 7.79. The van der Waals surface area contributed by atoms with Gasteiger partial charge in [-0.05, 0) is 44.3 Å². The fourth-order valence-electron chi connectivity index (χ4n) is 1.87. The number of nitrogens with one attached hydrogen (secondary N) is 2. The molecule has 116 valence electrons. The maximum atomic E-state index is 11.8. The van der Waals surface area contributed by atoms with Crippen LogP contribution >= 0.6 is 0 Å². The Balaban J connectivity index is 2.11. The second-order valence-electron chi connectivity index (χ2n) is 4.94. The van der Waals surface area contributed by atoms with Crippen LogP contribution in [0.4, 0.5) is 0 Å². The number of unbranched alkanes of at least 4 members (excludes halogenated alkanes) is 1. The van der Waals surface area contributed by atoms with E-state index in [-0.39, 0.29) is 5.75 Å². The smallest absolute Gasteiger partial charge is 0.211 e. The Morgan fingerprint density at radius 1 is 1.25 bits per heavy atom. The lowest BCUT2D eigenvalue weighted by Gasteiger charge is -2.06. The van der Waals surface area contributed by atoms with Crippen molar-refractivity contribution in [2.75, 3.05) is 25.4 Å². The number of aryl methyl sites for hydroxylation is 1. The van der Waals surface area contributed by atoms with Crippen molar-refractivity contribution in [2.24, 2.45) is 7.05 Å². The third kappa shape index (κ3) is 7.62. The molecule has 0 fully saturated rings. The molecular weight excluding hydrogens is 276 g/mol. The van der Waals surface area contributed by atoms with E-state index in [2.05, 4.69) is 22.1 Å². The highest BCUT2D eigenvalue weighted by Crippen LogP contribution is 1.98. The van der Waals surface area contributed by atoms with Crippen molar-refractivity contribution >= 4 is 10.0 Å². The second-order valence-corrected chi connectivity index (χ2v) is 6.87. The molecule has 6 nitrogen and oxygen atoms in total. The molecule has 0 amide bonds. The Labute approximate surface area is 122 Å². The highest BCUT2D eigenvalue weighted by Gasteiger charge is 2.09. The lowest BCUT2D eigenvalue weighted by atomic mass is 10.3. The summed E-state index contributed by atoms with van der Waals surface area (Å²) < 4.78 is 27.9. The number of aromatic nitrogens is 2. The van der Waals surface area contributed by atoms with E-state index >= 15 is 0 Å². The van der Waals surface area contributed by atoms with Gasteiger partial charge in [0.2, 0.25) is 10.0 Å². The molecule has 0 unspecified atom stereocenters. The molecular formula is C13H26N4O2S. The van der Waals surface area contributed by atoms with Crippen LogP contribution in [0.15, 0.2) is 12.4 Å². The molecule has 0 radical (unpaired) electrons. The fraction of sp³-hybridized carbons (Fsp3) is 0.769. The van der Waals surface area contributed by atoms with Crippen molar-refractivity contribution in [3.05, 3.63) is 18.0 Å². The Morgan fingerprint density at radius 3 is 2.70 bits per heavy atom. The van der Waals surface area contributed by atoms with E-state index in [4.69, 9.17) is 0 Å². The van der Waals surface area contributed by atoms with E-state index in [1.54, 1.807) is 10.9 Å². The van der Waals surface area contributed by atoms with Crippen molar-refractivity contribution in [1.82, 2.24) is 19.8 Å². The van der Waals surface area contributed by atoms with E-state index in [0.717, 1.165) is 31.5 Å².